The number of hydrogen-bond donors (Lipinski definition) is 3. The zero-order chi connectivity index (χ0) is 17.6. The Morgan fingerprint density at radius 1 is 0.680 bits per heavy atom. The van der Waals surface area contributed by atoms with E-state index in [0.29, 0.717) is 16.8 Å². The fourth-order valence-electron chi connectivity index (χ4n) is 2.40. The van der Waals surface area contributed by atoms with Crippen LogP contribution in [0.1, 0.15) is 20.7 Å². The molecule has 5 heteroatoms. The summed E-state index contributed by atoms with van der Waals surface area (Å²) in [6, 6.07) is 24.9. The summed E-state index contributed by atoms with van der Waals surface area (Å²) in [5, 5.41) is 5.48. The molecular weight excluding hydrogens is 314 g/mol. The van der Waals surface area contributed by atoms with Crippen molar-refractivity contribution in [3.05, 3.63) is 90.0 Å². The van der Waals surface area contributed by atoms with Gasteiger partial charge in [-0.25, -0.2) is 0 Å². The first-order valence-electron chi connectivity index (χ1n) is 7.76. The lowest BCUT2D eigenvalue weighted by Crippen LogP contribution is -2.19. The molecule has 0 aliphatic carbocycles. The van der Waals surface area contributed by atoms with Gasteiger partial charge >= 0.3 is 0 Å². The van der Waals surface area contributed by atoms with Gasteiger partial charge in [0.25, 0.3) is 11.8 Å². The topological polar surface area (TPSA) is 84.2 Å². The first-order valence-corrected chi connectivity index (χ1v) is 7.76. The van der Waals surface area contributed by atoms with Crippen molar-refractivity contribution in [1.29, 1.82) is 0 Å². The van der Waals surface area contributed by atoms with E-state index in [1.807, 2.05) is 60.7 Å². The molecule has 1 aliphatic rings. The van der Waals surface area contributed by atoms with Gasteiger partial charge < -0.3 is 11.1 Å². The predicted octanol–water partition coefficient (Wildman–Crippen LogP) is 3.58. The molecule has 1 heterocycles. The van der Waals surface area contributed by atoms with Gasteiger partial charge in [0, 0.05) is 17.1 Å². The monoisotopic (exact) mass is 331 g/mol. The van der Waals surface area contributed by atoms with Crippen LogP contribution in [0.3, 0.4) is 0 Å². The van der Waals surface area contributed by atoms with Crippen LogP contribution in [0.2, 0.25) is 0 Å². The lowest BCUT2D eigenvalue weighted by Gasteiger charge is -2.04. The summed E-state index contributed by atoms with van der Waals surface area (Å²) >= 11 is 0. The van der Waals surface area contributed by atoms with Crippen molar-refractivity contribution >= 4 is 28.9 Å². The molecule has 3 aromatic carbocycles. The lowest BCUT2D eigenvalue weighted by molar-refractivity contribution is 0.0879. The Bertz CT molecular complexity index is 856. The van der Waals surface area contributed by atoms with Gasteiger partial charge in [0.15, 0.2) is 0 Å². The third-order valence-corrected chi connectivity index (χ3v) is 3.60. The molecule has 0 fully saturated rings. The second kappa shape index (κ2) is 7.31. The number of benzene rings is 3. The SMILES string of the molecule is Nc1ccc2c(c1)C(=O)NC2=O.c1ccc(Nc2ccccc2)cc1. The third kappa shape index (κ3) is 4.03. The Labute approximate surface area is 145 Å². The Morgan fingerprint density at radius 3 is 1.76 bits per heavy atom. The van der Waals surface area contributed by atoms with E-state index in [1.165, 1.54) is 6.07 Å². The van der Waals surface area contributed by atoms with E-state index in [4.69, 9.17) is 5.73 Å². The zero-order valence-electron chi connectivity index (χ0n) is 13.4. The summed E-state index contributed by atoms with van der Waals surface area (Å²) in [7, 11) is 0. The van der Waals surface area contributed by atoms with Gasteiger partial charge in [-0.3, -0.25) is 14.9 Å². The smallest absolute Gasteiger partial charge is 0.259 e. The summed E-state index contributed by atoms with van der Waals surface area (Å²) in [5.41, 5.74) is 8.93. The van der Waals surface area contributed by atoms with E-state index in [9.17, 15) is 9.59 Å². The molecule has 0 saturated carbocycles. The molecule has 0 unspecified atom stereocenters. The van der Waals surface area contributed by atoms with E-state index in [-0.39, 0.29) is 11.8 Å². The molecule has 4 N–H and O–H groups in total. The van der Waals surface area contributed by atoms with Crippen molar-refractivity contribution in [2.45, 2.75) is 0 Å². The Hall–Kier alpha value is -3.60. The fraction of sp³-hybridized carbons (Fsp3) is 0. The van der Waals surface area contributed by atoms with Crippen molar-refractivity contribution in [2.24, 2.45) is 0 Å². The molecule has 0 atom stereocenters. The highest BCUT2D eigenvalue weighted by molar-refractivity contribution is 6.21. The maximum absolute atomic E-state index is 11.0. The number of hydrogen-bond acceptors (Lipinski definition) is 4. The van der Waals surface area contributed by atoms with Crippen molar-refractivity contribution < 1.29 is 9.59 Å². The number of amides is 2. The highest BCUT2D eigenvalue weighted by Gasteiger charge is 2.26. The van der Waals surface area contributed by atoms with Crippen LogP contribution in [0.5, 0.6) is 0 Å². The fourth-order valence-corrected chi connectivity index (χ4v) is 2.40. The number of rotatable bonds is 2. The molecule has 25 heavy (non-hydrogen) atoms. The Morgan fingerprint density at radius 2 is 1.20 bits per heavy atom. The minimum absolute atomic E-state index is 0.352. The number of nitrogens with one attached hydrogen (secondary N) is 2. The number of para-hydroxylation sites is 2. The molecule has 2 amide bonds. The van der Waals surface area contributed by atoms with E-state index >= 15 is 0 Å². The molecular formula is C20H17N3O2. The van der Waals surface area contributed by atoms with Gasteiger partial charge in [-0.2, -0.15) is 0 Å². The Kier molecular flexibility index (Phi) is 4.76. The maximum atomic E-state index is 11.0. The number of nitrogen functional groups attached to an aromatic ring is 1. The Balaban J connectivity index is 0.000000146. The van der Waals surface area contributed by atoms with Crippen LogP contribution in [0.4, 0.5) is 17.1 Å². The van der Waals surface area contributed by atoms with Gasteiger partial charge in [0.05, 0.1) is 11.1 Å². The summed E-state index contributed by atoms with van der Waals surface area (Å²) in [5.74, 6) is -0.725. The minimum Gasteiger partial charge on any atom is -0.399 e. The number of carbonyl (C=O) groups is 2. The largest absolute Gasteiger partial charge is 0.399 e. The summed E-state index contributed by atoms with van der Waals surface area (Å²) in [6.07, 6.45) is 0. The minimum atomic E-state index is -0.373. The number of anilines is 3. The van der Waals surface area contributed by atoms with Crippen molar-refractivity contribution in [2.75, 3.05) is 11.1 Å². The highest BCUT2D eigenvalue weighted by atomic mass is 16.2. The van der Waals surface area contributed by atoms with Crippen LogP contribution < -0.4 is 16.4 Å². The van der Waals surface area contributed by atoms with Gasteiger partial charge in [0.2, 0.25) is 0 Å². The predicted molar refractivity (Wildman–Crippen MR) is 98.8 cm³/mol. The van der Waals surface area contributed by atoms with Crippen molar-refractivity contribution in [3.8, 4) is 0 Å². The standard InChI is InChI=1S/C12H11N.C8H6N2O2/c1-3-7-11(8-4-1)13-12-9-5-2-6-10-12;9-4-1-2-5-6(3-4)8(12)10-7(5)11/h1-10,13H;1-3H,9H2,(H,10,11,12). The molecule has 5 nitrogen and oxygen atoms in total. The number of imide groups is 1. The summed E-state index contributed by atoms with van der Waals surface area (Å²) in [4.78, 5) is 22.1. The van der Waals surface area contributed by atoms with Crippen LogP contribution in [0, 0.1) is 0 Å². The number of nitrogens with two attached hydrogens (primary N) is 1. The molecule has 0 radical (unpaired) electrons. The average molecular weight is 331 g/mol. The van der Waals surface area contributed by atoms with Gasteiger partial charge in [-0.15, -0.1) is 0 Å². The van der Waals surface area contributed by atoms with Crippen LogP contribution >= 0.6 is 0 Å². The summed E-state index contributed by atoms with van der Waals surface area (Å²) < 4.78 is 0. The lowest BCUT2D eigenvalue weighted by atomic mass is 10.1. The number of fused-ring (bicyclic) bond motifs is 1. The molecule has 124 valence electrons. The molecule has 0 aromatic heterocycles. The van der Waals surface area contributed by atoms with Crippen molar-refractivity contribution in [1.82, 2.24) is 5.32 Å². The first kappa shape index (κ1) is 16.3. The molecule has 0 spiro atoms. The molecule has 4 rings (SSSR count). The second-order valence-corrected chi connectivity index (χ2v) is 5.45. The van der Waals surface area contributed by atoms with E-state index in [2.05, 4.69) is 10.6 Å². The normalized spacial score (nSPS) is 11.8. The van der Waals surface area contributed by atoms with Gasteiger partial charge in [-0.05, 0) is 42.5 Å². The molecule has 0 bridgehead atoms. The van der Waals surface area contributed by atoms with Gasteiger partial charge in [-0.1, -0.05) is 36.4 Å². The van der Waals surface area contributed by atoms with E-state index in [0.717, 1.165) is 11.4 Å². The second-order valence-electron chi connectivity index (χ2n) is 5.45. The molecule has 3 aromatic rings. The number of carbonyl (C=O) groups excluding carboxylic acids is 2. The van der Waals surface area contributed by atoms with Crippen LogP contribution in [-0.4, -0.2) is 11.8 Å². The van der Waals surface area contributed by atoms with E-state index in [1.54, 1.807) is 12.1 Å². The van der Waals surface area contributed by atoms with Crippen LogP contribution in [0.25, 0.3) is 0 Å². The van der Waals surface area contributed by atoms with Crippen LogP contribution in [0.15, 0.2) is 78.9 Å². The first-order chi connectivity index (χ1) is 12.1. The highest BCUT2D eigenvalue weighted by Crippen LogP contribution is 2.18. The average Bonchev–Trinajstić information content (AvgIpc) is 2.91. The van der Waals surface area contributed by atoms with Crippen molar-refractivity contribution in [3.63, 3.8) is 0 Å². The maximum Gasteiger partial charge on any atom is 0.259 e. The van der Waals surface area contributed by atoms with E-state index < -0.39 is 0 Å². The van der Waals surface area contributed by atoms with Gasteiger partial charge in [0.1, 0.15) is 0 Å². The quantitative estimate of drug-likeness (QED) is 0.495. The summed E-state index contributed by atoms with van der Waals surface area (Å²) in [6.45, 7) is 0. The van der Waals surface area contributed by atoms with Crippen LogP contribution in [-0.2, 0) is 0 Å². The third-order valence-electron chi connectivity index (χ3n) is 3.60. The molecule has 1 aliphatic heterocycles. The molecule has 0 saturated heterocycles. The zero-order valence-corrected chi connectivity index (χ0v) is 13.4.